The van der Waals surface area contributed by atoms with E-state index >= 15 is 0 Å². The average Bonchev–Trinajstić information content (AvgIpc) is 2.75. The number of carbonyl (C=O) groups is 1. The van der Waals surface area contributed by atoms with Crippen LogP contribution in [-0.4, -0.2) is 29.8 Å². The fraction of sp³-hybridized carbons (Fsp3) is 0.385. The van der Waals surface area contributed by atoms with Crippen LogP contribution < -0.4 is 0 Å². The van der Waals surface area contributed by atoms with Crippen LogP contribution in [0.1, 0.15) is 57.7 Å². The van der Waals surface area contributed by atoms with Crippen molar-refractivity contribution in [3.8, 4) is 0 Å². The summed E-state index contributed by atoms with van der Waals surface area (Å²) in [4.78, 5) is 18.5. The molecule has 0 bridgehead atoms. The van der Waals surface area contributed by atoms with Crippen molar-refractivity contribution in [2.45, 2.75) is 52.9 Å². The van der Waals surface area contributed by atoms with Gasteiger partial charge >= 0.3 is 0 Å². The van der Waals surface area contributed by atoms with Crippen LogP contribution in [0.4, 0.5) is 0 Å². The summed E-state index contributed by atoms with van der Waals surface area (Å²) in [5, 5.41) is 1.14. The molecule has 2 aromatic rings. The molecular weight excluding hydrogens is 356 g/mol. The van der Waals surface area contributed by atoms with Crippen LogP contribution in [0.5, 0.6) is 0 Å². The number of aromatic nitrogens is 1. The Morgan fingerprint density at radius 2 is 1.97 bits per heavy atom. The Morgan fingerprint density at radius 3 is 2.62 bits per heavy atom. The lowest BCUT2D eigenvalue weighted by atomic mass is 10.0. The molecule has 29 heavy (non-hydrogen) atoms. The number of para-hydroxylation sites is 1. The highest BCUT2D eigenvalue weighted by Gasteiger charge is 2.07. The van der Waals surface area contributed by atoms with Crippen LogP contribution in [-0.2, 0) is 11.2 Å². The number of fused-ring (bicyclic) bond motifs is 1. The number of allylic oxidation sites excluding steroid dienone is 2. The van der Waals surface area contributed by atoms with E-state index in [1.807, 2.05) is 39.1 Å². The summed E-state index contributed by atoms with van der Waals surface area (Å²) >= 11 is 0. The van der Waals surface area contributed by atoms with E-state index in [0.29, 0.717) is 12.0 Å². The number of carbonyl (C=O) groups excluding carboxylic acids is 1. The zero-order valence-electron chi connectivity index (χ0n) is 18.6. The Balaban J connectivity index is 0.00000204. The van der Waals surface area contributed by atoms with Gasteiger partial charge in [0.15, 0.2) is 0 Å². The molecule has 0 aliphatic rings. The Morgan fingerprint density at radius 1 is 1.21 bits per heavy atom. The van der Waals surface area contributed by atoms with Crippen molar-refractivity contribution in [3.05, 3.63) is 72.1 Å². The molecule has 1 aromatic heterocycles. The lowest BCUT2D eigenvalue weighted by Gasteiger charge is -2.21. The first-order valence-electron chi connectivity index (χ1n) is 10.6. The normalized spacial score (nSPS) is 10.8. The smallest absolute Gasteiger partial charge is 0.146 e. The van der Waals surface area contributed by atoms with E-state index in [4.69, 9.17) is 4.98 Å². The van der Waals surface area contributed by atoms with E-state index in [0.717, 1.165) is 60.8 Å². The number of pyridine rings is 1. The van der Waals surface area contributed by atoms with Crippen molar-refractivity contribution >= 4 is 23.3 Å². The molecule has 2 rings (SSSR count). The van der Waals surface area contributed by atoms with Gasteiger partial charge in [0.1, 0.15) is 6.29 Å². The van der Waals surface area contributed by atoms with Crippen LogP contribution in [0.2, 0.25) is 0 Å². The van der Waals surface area contributed by atoms with Crippen molar-refractivity contribution in [2.75, 3.05) is 13.6 Å². The quantitative estimate of drug-likeness (QED) is 0.187. The highest BCUT2D eigenvalue weighted by Crippen LogP contribution is 2.21. The lowest BCUT2D eigenvalue weighted by molar-refractivity contribution is -0.104. The van der Waals surface area contributed by atoms with Crippen LogP contribution in [0.25, 0.3) is 17.0 Å². The lowest BCUT2D eigenvalue weighted by Crippen LogP contribution is -2.18. The van der Waals surface area contributed by atoms with Gasteiger partial charge < -0.3 is 4.90 Å². The molecule has 0 unspecified atom stereocenters. The molecule has 0 saturated carbocycles. The molecule has 0 N–H and O–H groups in total. The second-order valence-electron chi connectivity index (χ2n) is 6.91. The van der Waals surface area contributed by atoms with Gasteiger partial charge in [0.05, 0.1) is 11.2 Å². The number of hydrogen-bond donors (Lipinski definition) is 0. The van der Waals surface area contributed by atoms with Crippen LogP contribution in [0.3, 0.4) is 0 Å². The molecule has 1 aromatic carbocycles. The molecule has 0 amide bonds. The fourth-order valence-electron chi connectivity index (χ4n) is 3.09. The largest absolute Gasteiger partial charge is 0.378 e. The van der Waals surface area contributed by atoms with E-state index in [1.54, 1.807) is 0 Å². The zero-order chi connectivity index (χ0) is 21.6. The van der Waals surface area contributed by atoms with E-state index in [-0.39, 0.29) is 0 Å². The maximum atomic E-state index is 11.6. The molecular formula is C26H36N2O. The second-order valence-corrected chi connectivity index (χ2v) is 6.91. The van der Waals surface area contributed by atoms with E-state index < -0.39 is 0 Å². The highest BCUT2D eigenvalue weighted by atomic mass is 16.1. The summed E-state index contributed by atoms with van der Waals surface area (Å²) < 4.78 is 0. The van der Waals surface area contributed by atoms with Gasteiger partial charge in [-0.05, 0) is 42.5 Å². The minimum absolute atomic E-state index is 0.532. The van der Waals surface area contributed by atoms with E-state index in [2.05, 4.69) is 49.2 Å². The topological polar surface area (TPSA) is 33.2 Å². The summed E-state index contributed by atoms with van der Waals surface area (Å²) in [6, 6.07) is 10.3. The monoisotopic (exact) mass is 392 g/mol. The summed E-state index contributed by atoms with van der Waals surface area (Å²) in [5.74, 6) is 0. The SMILES string of the molecule is C=CCCCN(C)C(=C)C/C(C=O)=C\c1ccc2cccc(CCC)c2n1.CC. The van der Waals surface area contributed by atoms with Crippen molar-refractivity contribution in [1.82, 2.24) is 9.88 Å². The number of benzene rings is 1. The summed E-state index contributed by atoms with van der Waals surface area (Å²) in [5.41, 5.74) is 4.72. The molecule has 156 valence electrons. The maximum absolute atomic E-state index is 11.6. The molecule has 1 heterocycles. The molecule has 3 heteroatoms. The van der Waals surface area contributed by atoms with Gasteiger partial charge in [-0.1, -0.05) is 64.1 Å². The fourth-order valence-corrected chi connectivity index (χ4v) is 3.09. The summed E-state index contributed by atoms with van der Waals surface area (Å²) in [6.45, 7) is 15.0. The first-order chi connectivity index (χ1) is 14.1. The Labute approximate surface area is 176 Å². The zero-order valence-corrected chi connectivity index (χ0v) is 18.6. The number of hydrogen-bond acceptors (Lipinski definition) is 3. The molecule has 0 aliphatic carbocycles. The third-order valence-corrected chi connectivity index (χ3v) is 4.68. The van der Waals surface area contributed by atoms with Gasteiger partial charge in [-0.3, -0.25) is 4.79 Å². The minimum Gasteiger partial charge on any atom is -0.378 e. The predicted molar refractivity (Wildman–Crippen MR) is 127 cm³/mol. The van der Waals surface area contributed by atoms with Gasteiger partial charge in [0.2, 0.25) is 0 Å². The summed E-state index contributed by atoms with van der Waals surface area (Å²) in [6.07, 6.45) is 9.34. The number of aryl methyl sites for hydroxylation is 1. The molecule has 0 aliphatic heterocycles. The Kier molecular flexibility index (Phi) is 11.3. The number of nitrogens with zero attached hydrogens (tertiary/aromatic N) is 2. The van der Waals surface area contributed by atoms with Crippen LogP contribution in [0, 0.1) is 0 Å². The standard InChI is InChI=1S/C24H30N2O.C2H6/c1-5-7-8-15-26(4)19(3)16-20(18-27)17-23-14-13-22-12-9-11-21(10-6-2)24(22)25-23;1-2/h5,9,11-14,17-18H,1,3,6-8,10,15-16H2,2,4H3;1-2H3/b20-17+;. The predicted octanol–water partition coefficient (Wildman–Crippen LogP) is 6.60. The highest BCUT2D eigenvalue weighted by molar-refractivity contribution is 5.85. The minimum atomic E-state index is 0.532. The van der Waals surface area contributed by atoms with Crippen molar-refractivity contribution in [2.24, 2.45) is 0 Å². The molecule has 0 fully saturated rings. The van der Waals surface area contributed by atoms with Crippen LogP contribution in [0.15, 0.2) is 60.8 Å². The first-order valence-corrected chi connectivity index (χ1v) is 10.6. The van der Waals surface area contributed by atoms with Gasteiger partial charge in [-0.15, -0.1) is 6.58 Å². The number of unbranched alkanes of at least 4 members (excludes halogenated alkanes) is 1. The Bertz CT molecular complexity index is 836. The third-order valence-electron chi connectivity index (χ3n) is 4.68. The number of rotatable bonds is 11. The third kappa shape index (κ3) is 7.69. The molecule has 0 spiro atoms. The molecule has 0 saturated heterocycles. The Hall–Kier alpha value is -2.68. The van der Waals surface area contributed by atoms with Gasteiger partial charge in [0, 0.05) is 31.1 Å². The number of aldehydes is 1. The summed E-state index contributed by atoms with van der Waals surface area (Å²) in [7, 11) is 2.01. The first kappa shape index (κ1) is 24.4. The molecule has 0 atom stereocenters. The second kappa shape index (κ2) is 13.5. The van der Waals surface area contributed by atoms with Crippen molar-refractivity contribution in [3.63, 3.8) is 0 Å². The molecule has 0 radical (unpaired) electrons. The van der Waals surface area contributed by atoms with Gasteiger partial charge in [0.25, 0.3) is 0 Å². The molecule has 3 nitrogen and oxygen atoms in total. The van der Waals surface area contributed by atoms with E-state index in [9.17, 15) is 4.79 Å². The van der Waals surface area contributed by atoms with Gasteiger partial charge in [-0.25, -0.2) is 4.98 Å². The maximum Gasteiger partial charge on any atom is 0.146 e. The average molecular weight is 393 g/mol. The van der Waals surface area contributed by atoms with Crippen LogP contribution >= 0.6 is 0 Å². The van der Waals surface area contributed by atoms with E-state index in [1.165, 1.54) is 5.56 Å². The van der Waals surface area contributed by atoms with Crippen molar-refractivity contribution < 1.29 is 4.79 Å². The van der Waals surface area contributed by atoms with Gasteiger partial charge in [-0.2, -0.15) is 0 Å². The van der Waals surface area contributed by atoms with Crippen molar-refractivity contribution in [1.29, 1.82) is 0 Å².